The standard InChI is InChI=1S/C53H36N2S/c1-53(2)45-23-10-8-20-42(45)51-43(22-13-24-46(51)53)48-32-47(54-52(55-48)34-15-4-3-5-16-34)38-29-36(28-37(30-38)40-21-12-17-33-14-6-7-18-39(33)40)35-26-27-50-44(31-35)41-19-9-11-25-49(41)56-50/h3-32H,1-2H3. The number of benzene rings is 8. The number of rotatable bonds is 5. The predicted octanol–water partition coefficient (Wildman–Crippen LogP) is 14.6. The van der Waals surface area contributed by atoms with Gasteiger partial charge in [0.15, 0.2) is 5.82 Å². The molecule has 264 valence electrons. The van der Waals surface area contributed by atoms with E-state index in [0.29, 0.717) is 5.82 Å². The van der Waals surface area contributed by atoms with Crippen LogP contribution in [0, 0.1) is 0 Å². The first kappa shape index (κ1) is 32.7. The Hall–Kier alpha value is -6.68. The summed E-state index contributed by atoms with van der Waals surface area (Å²) >= 11 is 1.85. The van der Waals surface area contributed by atoms with Crippen LogP contribution in [0.15, 0.2) is 182 Å². The van der Waals surface area contributed by atoms with E-state index in [1.165, 1.54) is 64.3 Å². The highest BCUT2D eigenvalue weighted by atomic mass is 32.1. The molecule has 0 aliphatic heterocycles. The van der Waals surface area contributed by atoms with Crippen molar-refractivity contribution < 1.29 is 0 Å². The second-order valence-electron chi connectivity index (χ2n) is 15.4. The van der Waals surface area contributed by atoms with Gasteiger partial charge < -0.3 is 0 Å². The summed E-state index contributed by atoms with van der Waals surface area (Å²) in [5.74, 6) is 0.713. The molecule has 0 atom stereocenters. The van der Waals surface area contributed by atoms with Crippen molar-refractivity contribution in [3.63, 3.8) is 0 Å². The molecule has 11 rings (SSSR count). The van der Waals surface area contributed by atoms with Crippen LogP contribution in [0.4, 0.5) is 0 Å². The Labute approximate surface area is 330 Å². The summed E-state index contributed by atoms with van der Waals surface area (Å²) in [5.41, 5.74) is 14.8. The molecule has 0 bridgehead atoms. The smallest absolute Gasteiger partial charge is 0.160 e. The van der Waals surface area contributed by atoms with Crippen molar-refractivity contribution in [3.05, 3.63) is 193 Å². The molecule has 8 aromatic carbocycles. The van der Waals surface area contributed by atoms with E-state index >= 15 is 0 Å². The molecule has 0 saturated carbocycles. The number of nitrogens with zero attached hydrogens (tertiary/aromatic N) is 2. The Kier molecular flexibility index (Phi) is 7.42. The zero-order chi connectivity index (χ0) is 37.4. The van der Waals surface area contributed by atoms with E-state index in [1.54, 1.807) is 0 Å². The first-order chi connectivity index (χ1) is 27.5. The van der Waals surface area contributed by atoms with E-state index in [2.05, 4.69) is 190 Å². The maximum atomic E-state index is 5.37. The van der Waals surface area contributed by atoms with E-state index in [-0.39, 0.29) is 5.41 Å². The zero-order valence-electron chi connectivity index (χ0n) is 31.1. The molecule has 10 aromatic rings. The molecule has 56 heavy (non-hydrogen) atoms. The van der Waals surface area contributed by atoms with Crippen molar-refractivity contribution in [3.8, 4) is 67.3 Å². The van der Waals surface area contributed by atoms with Gasteiger partial charge in [-0.25, -0.2) is 9.97 Å². The molecular formula is C53H36N2S. The molecule has 0 spiro atoms. The van der Waals surface area contributed by atoms with Crippen LogP contribution in [0.3, 0.4) is 0 Å². The molecular weight excluding hydrogens is 697 g/mol. The second-order valence-corrected chi connectivity index (χ2v) is 16.4. The summed E-state index contributed by atoms with van der Waals surface area (Å²) in [6, 6.07) is 66.1. The fourth-order valence-electron chi connectivity index (χ4n) is 8.90. The van der Waals surface area contributed by atoms with Crippen LogP contribution >= 0.6 is 11.3 Å². The summed E-state index contributed by atoms with van der Waals surface area (Å²) in [6.45, 7) is 4.66. The van der Waals surface area contributed by atoms with Gasteiger partial charge in [0, 0.05) is 42.3 Å². The molecule has 2 heterocycles. The minimum atomic E-state index is -0.114. The van der Waals surface area contributed by atoms with Crippen LogP contribution in [0.5, 0.6) is 0 Å². The molecule has 0 fully saturated rings. The number of thiophene rings is 1. The molecule has 1 aliphatic carbocycles. The van der Waals surface area contributed by atoms with Crippen molar-refractivity contribution in [1.82, 2.24) is 9.97 Å². The van der Waals surface area contributed by atoms with Gasteiger partial charge in [0.2, 0.25) is 0 Å². The van der Waals surface area contributed by atoms with Gasteiger partial charge in [-0.2, -0.15) is 0 Å². The van der Waals surface area contributed by atoms with E-state index in [1.807, 2.05) is 17.4 Å². The molecule has 1 aliphatic rings. The highest BCUT2D eigenvalue weighted by Crippen LogP contribution is 2.52. The van der Waals surface area contributed by atoms with Gasteiger partial charge in [-0.1, -0.05) is 153 Å². The molecule has 0 radical (unpaired) electrons. The summed E-state index contributed by atoms with van der Waals surface area (Å²) < 4.78 is 2.61. The summed E-state index contributed by atoms with van der Waals surface area (Å²) in [4.78, 5) is 10.7. The van der Waals surface area contributed by atoms with Gasteiger partial charge in [-0.15, -0.1) is 11.3 Å². The lowest BCUT2D eigenvalue weighted by Gasteiger charge is -2.21. The molecule has 0 unspecified atom stereocenters. The fourth-order valence-corrected chi connectivity index (χ4v) is 9.98. The average Bonchev–Trinajstić information content (AvgIpc) is 3.75. The number of hydrogen-bond donors (Lipinski definition) is 0. The SMILES string of the molecule is CC1(C)c2ccccc2-c2c(-c3cc(-c4cc(-c5ccc6sc7ccccc7c6c5)cc(-c5cccc6ccccc56)c4)nc(-c4ccccc4)n3)cccc21. The maximum absolute atomic E-state index is 5.37. The van der Waals surface area contributed by atoms with Crippen LogP contribution in [-0.4, -0.2) is 9.97 Å². The minimum absolute atomic E-state index is 0.114. The van der Waals surface area contributed by atoms with Crippen LogP contribution in [0.25, 0.3) is 98.2 Å². The van der Waals surface area contributed by atoms with Crippen molar-refractivity contribution in [2.45, 2.75) is 19.3 Å². The Morgan fingerprint density at radius 3 is 1.95 bits per heavy atom. The zero-order valence-corrected chi connectivity index (χ0v) is 31.9. The average molecular weight is 733 g/mol. The van der Waals surface area contributed by atoms with Crippen LogP contribution in [-0.2, 0) is 5.41 Å². The number of aromatic nitrogens is 2. The molecule has 2 aromatic heterocycles. The van der Waals surface area contributed by atoms with Crippen molar-refractivity contribution in [1.29, 1.82) is 0 Å². The van der Waals surface area contributed by atoms with Crippen molar-refractivity contribution >= 4 is 42.3 Å². The lowest BCUT2D eigenvalue weighted by Crippen LogP contribution is -2.14. The Morgan fingerprint density at radius 1 is 0.393 bits per heavy atom. The lowest BCUT2D eigenvalue weighted by molar-refractivity contribution is 0.660. The van der Waals surface area contributed by atoms with E-state index in [0.717, 1.165) is 39.2 Å². The van der Waals surface area contributed by atoms with E-state index in [4.69, 9.17) is 9.97 Å². The summed E-state index contributed by atoms with van der Waals surface area (Å²) in [7, 11) is 0. The lowest BCUT2D eigenvalue weighted by atomic mass is 9.82. The quantitative estimate of drug-likeness (QED) is 0.176. The second kappa shape index (κ2) is 12.7. The van der Waals surface area contributed by atoms with Crippen molar-refractivity contribution in [2.75, 3.05) is 0 Å². The van der Waals surface area contributed by atoms with Gasteiger partial charge in [0.25, 0.3) is 0 Å². The molecule has 0 amide bonds. The van der Waals surface area contributed by atoms with Gasteiger partial charge in [0.1, 0.15) is 0 Å². The Morgan fingerprint density at radius 2 is 1.04 bits per heavy atom. The Balaban J connectivity index is 1.17. The van der Waals surface area contributed by atoms with Crippen LogP contribution in [0.2, 0.25) is 0 Å². The third-order valence-electron chi connectivity index (χ3n) is 11.7. The Bertz CT molecular complexity index is 3170. The van der Waals surface area contributed by atoms with Gasteiger partial charge in [0.05, 0.1) is 11.4 Å². The van der Waals surface area contributed by atoms with Gasteiger partial charge in [-0.3, -0.25) is 0 Å². The predicted molar refractivity (Wildman–Crippen MR) is 237 cm³/mol. The molecule has 2 nitrogen and oxygen atoms in total. The molecule has 0 saturated heterocycles. The van der Waals surface area contributed by atoms with Crippen LogP contribution < -0.4 is 0 Å². The minimum Gasteiger partial charge on any atom is -0.228 e. The first-order valence-corrected chi connectivity index (χ1v) is 20.0. The number of hydrogen-bond acceptors (Lipinski definition) is 3. The maximum Gasteiger partial charge on any atom is 0.160 e. The highest BCUT2D eigenvalue weighted by Gasteiger charge is 2.36. The largest absolute Gasteiger partial charge is 0.228 e. The highest BCUT2D eigenvalue weighted by molar-refractivity contribution is 7.25. The van der Waals surface area contributed by atoms with E-state index in [9.17, 15) is 0 Å². The molecule has 0 N–H and O–H groups in total. The number of fused-ring (bicyclic) bond motifs is 7. The summed E-state index contributed by atoms with van der Waals surface area (Å²) in [5, 5.41) is 5.04. The molecule has 3 heteroatoms. The third kappa shape index (κ3) is 5.23. The van der Waals surface area contributed by atoms with E-state index < -0.39 is 0 Å². The van der Waals surface area contributed by atoms with Gasteiger partial charge in [-0.05, 0) is 97.7 Å². The van der Waals surface area contributed by atoms with Gasteiger partial charge >= 0.3 is 0 Å². The normalized spacial score (nSPS) is 13.0. The third-order valence-corrected chi connectivity index (χ3v) is 12.8. The monoisotopic (exact) mass is 732 g/mol. The first-order valence-electron chi connectivity index (χ1n) is 19.2. The summed E-state index contributed by atoms with van der Waals surface area (Å²) in [6.07, 6.45) is 0. The topological polar surface area (TPSA) is 25.8 Å². The van der Waals surface area contributed by atoms with Crippen molar-refractivity contribution in [2.24, 2.45) is 0 Å². The van der Waals surface area contributed by atoms with Crippen LogP contribution in [0.1, 0.15) is 25.0 Å². The fraction of sp³-hybridized carbons (Fsp3) is 0.0566.